The molecule has 0 spiro atoms. The summed E-state index contributed by atoms with van der Waals surface area (Å²) < 4.78 is 27.8. The van der Waals surface area contributed by atoms with Gasteiger partial charge in [-0.15, -0.1) is 0 Å². The van der Waals surface area contributed by atoms with Gasteiger partial charge in [0.05, 0.1) is 19.8 Å². The Kier molecular flexibility index (Phi) is 5.65. The van der Waals surface area contributed by atoms with Gasteiger partial charge in [0, 0.05) is 19.4 Å². The molecule has 0 aliphatic rings. The lowest BCUT2D eigenvalue weighted by Gasteiger charge is -2.06. The van der Waals surface area contributed by atoms with E-state index in [1.165, 1.54) is 12.3 Å². The van der Waals surface area contributed by atoms with Crippen LogP contribution < -0.4 is 4.74 Å². The molecule has 0 aromatic carbocycles. The van der Waals surface area contributed by atoms with Gasteiger partial charge in [0.25, 0.3) is 0 Å². The molecule has 0 aliphatic heterocycles. The minimum absolute atomic E-state index is 0.382. The number of hydrogen-bond donors (Lipinski definition) is 0. The normalized spacial score (nSPS) is 10.3. The number of pyridine rings is 1. The van der Waals surface area contributed by atoms with Crippen LogP contribution in [-0.4, -0.2) is 38.5 Å². The molecule has 0 saturated heterocycles. The first-order valence-electron chi connectivity index (χ1n) is 4.64. The quantitative estimate of drug-likeness (QED) is 0.507. The van der Waals surface area contributed by atoms with E-state index in [-0.39, 0.29) is 0 Å². The van der Waals surface area contributed by atoms with E-state index in [9.17, 15) is 4.39 Å². The molecule has 0 bridgehead atoms. The van der Waals surface area contributed by atoms with Gasteiger partial charge >= 0.3 is 0 Å². The Hall–Kier alpha value is -1.20. The van der Waals surface area contributed by atoms with E-state index in [1.54, 1.807) is 13.2 Å². The van der Waals surface area contributed by atoms with Gasteiger partial charge < -0.3 is 14.2 Å². The van der Waals surface area contributed by atoms with Crippen LogP contribution in [-0.2, 0) is 9.47 Å². The summed E-state index contributed by atoms with van der Waals surface area (Å²) in [6.07, 6.45) is 1.36. The summed E-state index contributed by atoms with van der Waals surface area (Å²) in [5, 5.41) is 0. The van der Waals surface area contributed by atoms with Crippen LogP contribution in [0, 0.1) is 5.95 Å². The van der Waals surface area contributed by atoms with Gasteiger partial charge in [-0.3, -0.25) is 0 Å². The predicted molar refractivity (Wildman–Crippen MR) is 52.4 cm³/mol. The van der Waals surface area contributed by atoms with E-state index < -0.39 is 5.95 Å². The summed E-state index contributed by atoms with van der Waals surface area (Å²) in [5.74, 6) is -0.0920. The highest BCUT2D eigenvalue weighted by molar-refractivity contribution is 5.17. The predicted octanol–water partition coefficient (Wildman–Crippen LogP) is 1.26. The number of aromatic nitrogens is 1. The first-order valence-corrected chi connectivity index (χ1v) is 4.64. The first kappa shape index (κ1) is 11.9. The summed E-state index contributed by atoms with van der Waals surface area (Å²) in [6, 6.07) is 2.83. The molecule has 0 atom stereocenters. The van der Waals surface area contributed by atoms with Crippen molar-refractivity contribution >= 4 is 0 Å². The van der Waals surface area contributed by atoms with Crippen LogP contribution in [0.3, 0.4) is 0 Å². The molecule has 5 heteroatoms. The van der Waals surface area contributed by atoms with Crippen molar-refractivity contribution in [3.63, 3.8) is 0 Å². The third-order valence-electron chi connectivity index (χ3n) is 1.63. The van der Waals surface area contributed by atoms with E-state index in [0.717, 1.165) is 0 Å². The van der Waals surface area contributed by atoms with Crippen molar-refractivity contribution in [1.29, 1.82) is 0 Å². The SMILES string of the molecule is COCCOCCOc1ccnc(F)c1. The summed E-state index contributed by atoms with van der Waals surface area (Å²) in [5.41, 5.74) is 0. The van der Waals surface area contributed by atoms with E-state index in [0.29, 0.717) is 32.2 Å². The number of nitrogens with zero attached hydrogens (tertiary/aromatic N) is 1. The maximum Gasteiger partial charge on any atom is 0.216 e. The van der Waals surface area contributed by atoms with Crippen molar-refractivity contribution in [2.24, 2.45) is 0 Å². The van der Waals surface area contributed by atoms with Gasteiger partial charge in [0.2, 0.25) is 5.95 Å². The lowest BCUT2D eigenvalue weighted by Crippen LogP contribution is -2.10. The van der Waals surface area contributed by atoms with Gasteiger partial charge in [-0.05, 0) is 6.07 Å². The molecule has 84 valence electrons. The van der Waals surface area contributed by atoms with Crippen molar-refractivity contribution in [2.75, 3.05) is 33.5 Å². The number of rotatable bonds is 7. The molecule has 1 aromatic rings. The Balaban J connectivity index is 2.10. The molecule has 0 N–H and O–H groups in total. The average molecular weight is 215 g/mol. The maximum atomic E-state index is 12.6. The monoisotopic (exact) mass is 215 g/mol. The molecule has 15 heavy (non-hydrogen) atoms. The van der Waals surface area contributed by atoms with Crippen LogP contribution in [0.15, 0.2) is 18.3 Å². The van der Waals surface area contributed by atoms with Gasteiger partial charge in [-0.25, -0.2) is 4.98 Å². The van der Waals surface area contributed by atoms with Gasteiger partial charge in [-0.2, -0.15) is 4.39 Å². The maximum absolute atomic E-state index is 12.6. The molecule has 0 radical (unpaired) electrons. The molecule has 0 aliphatic carbocycles. The Morgan fingerprint density at radius 1 is 1.27 bits per heavy atom. The van der Waals surface area contributed by atoms with Crippen molar-refractivity contribution in [3.8, 4) is 5.75 Å². The zero-order valence-electron chi connectivity index (χ0n) is 8.61. The number of hydrogen-bond acceptors (Lipinski definition) is 4. The van der Waals surface area contributed by atoms with Crippen LogP contribution in [0.4, 0.5) is 4.39 Å². The molecule has 0 unspecified atom stereocenters. The fraction of sp³-hybridized carbons (Fsp3) is 0.500. The molecule has 4 nitrogen and oxygen atoms in total. The number of methoxy groups -OCH3 is 1. The minimum Gasteiger partial charge on any atom is -0.491 e. The van der Waals surface area contributed by atoms with Gasteiger partial charge in [0.1, 0.15) is 12.4 Å². The second-order valence-corrected chi connectivity index (χ2v) is 2.77. The molecule has 0 fully saturated rings. The molecule has 1 heterocycles. The van der Waals surface area contributed by atoms with E-state index in [1.807, 2.05) is 0 Å². The van der Waals surface area contributed by atoms with Crippen LogP contribution in [0.5, 0.6) is 5.75 Å². The van der Waals surface area contributed by atoms with Crippen molar-refractivity contribution in [2.45, 2.75) is 0 Å². The van der Waals surface area contributed by atoms with Crippen LogP contribution in [0.2, 0.25) is 0 Å². The summed E-state index contributed by atoms with van der Waals surface area (Å²) in [6.45, 7) is 1.93. The second kappa shape index (κ2) is 7.14. The molecule has 1 aromatic heterocycles. The highest BCUT2D eigenvalue weighted by Crippen LogP contribution is 2.09. The Morgan fingerprint density at radius 3 is 2.80 bits per heavy atom. The highest BCUT2D eigenvalue weighted by atomic mass is 19.1. The van der Waals surface area contributed by atoms with Crippen LogP contribution in [0.25, 0.3) is 0 Å². The standard InChI is InChI=1S/C10H14FNO3/c1-13-4-5-14-6-7-15-9-2-3-12-10(11)8-9/h2-3,8H,4-7H2,1H3. The smallest absolute Gasteiger partial charge is 0.216 e. The molecule has 1 rings (SSSR count). The van der Waals surface area contributed by atoms with Crippen molar-refractivity contribution < 1.29 is 18.6 Å². The van der Waals surface area contributed by atoms with Crippen LogP contribution in [0.1, 0.15) is 0 Å². The summed E-state index contributed by atoms with van der Waals surface area (Å²) in [7, 11) is 1.61. The second-order valence-electron chi connectivity index (χ2n) is 2.77. The zero-order valence-corrected chi connectivity index (χ0v) is 8.61. The summed E-state index contributed by atoms with van der Waals surface area (Å²) >= 11 is 0. The molecule has 0 amide bonds. The molecule has 0 saturated carbocycles. The van der Waals surface area contributed by atoms with E-state index in [4.69, 9.17) is 14.2 Å². The highest BCUT2D eigenvalue weighted by Gasteiger charge is 1.96. The topological polar surface area (TPSA) is 40.6 Å². The Morgan fingerprint density at radius 2 is 2.07 bits per heavy atom. The third-order valence-corrected chi connectivity index (χ3v) is 1.63. The third kappa shape index (κ3) is 5.29. The number of halogens is 1. The molecular formula is C10H14FNO3. The zero-order chi connectivity index (χ0) is 10.9. The Bertz CT molecular complexity index is 283. The van der Waals surface area contributed by atoms with Crippen molar-refractivity contribution in [1.82, 2.24) is 4.98 Å². The summed E-state index contributed by atoms with van der Waals surface area (Å²) in [4.78, 5) is 3.41. The van der Waals surface area contributed by atoms with Gasteiger partial charge in [0.15, 0.2) is 0 Å². The van der Waals surface area contributed by atoms with E-state index in [2.05, 4.69) is 4.98 Å². The Labute approximate surface area is 88.0 Å². The minimum atomic E-state index is -0.548. The van der Waals surface area contributed by atoms with Gasteiger partial charge in [-0.1, -0.05) is 0 Å². The fourth-order valence-electron chi connectivity index (χ4n) is 0.937. The first-order chi connectivity index (χ1) is 7.33. The number of ether oxygens (including phenoxy) is 3. The molecular weight excluding hydrogens is 201 g/mol. The van der Waals surface area contributed by atoms with Crippen molar-refractivity contribution in [3.05, 3.63) is 24.3 Å². The fourth-order valence-corrected chi connectivity index (χ4v) is 0.937. The average Bonchev–Trinajstić information content (AvgIpc) is 2.23. The van der Waals surface area contributed by atoms with E-state index >= 15 is 0 Å². The lowest BCUT2D eigenvalue weighted by molar-refractivity contribution is 0.0543. The lowest BCUT2D eigenvalue weighted by atomic mass is 10.4. The van der Waals surface area contributed by atoms with Crippen LogP contribution >= 0.6 is 0 Å². The largest absolute Gasteiger partial charge is 0.491 e.